The number of carbonyl (C=O) groups is 1. The van der Waals surface area contributed by atoms with Crippen LogP contribution in [0, 0.1) is 0 Å². The topological polar surface area (TPSA) is 56.8 Å². The fourth-order valence-corrected chi connectivity index (χ4v) is 3.75. The summed E-state index contributed by atoms with van der Waals surface area (Å²) in [6, 6.07) is 1.61. The summed E-state index contributed by atoms with van der Waals surface area (Å²) in [7, 11) is 4.25. The van der Waals surface area contributed by atoms with Crippen LogP contribution in [-0.2, 0) is 4.74 Å². The minimum Gasteiger partial charge on any atom is -0.379 e. The van der Waals surface area contributed by atoms with Crippen molar-refractivity contribution in [3.05, 3.63) is 0 Å². The van der Waals surface area contributed by atoms with E-state index in [2.05, 4.69) is 48.4 Å². The van der Waals surface area contributed by atoms with Crippen molar-refractivity contribution in [1.82, 2.24) is 20.4 Å². The summed E-state index contributed by atoms with van der Waals surface area (Å²) >= 11 is 0. The Morgan fingerprint density at radius 2 is 2.17 bits per heavy atom. The van der Waals surface area contributed by atoms with Gasteiger partial charge in [-0.3, -0.25) is 4.90 Å². The third kappa shape index (κ3) is 5.62. The van der Waals surface area contributed by atoms with E-state index in [1.807, 2.05) is 0 Å². The van der Waals surface area contributed by atoms with Gasteiger partial charge in [-0.25, -0.2) is 4.79 Å². The molecule has 0 spiro atoms. The van der Waals surface area contributed by atoms with E-state index in [4.69, 9.17) is 4.74 Å². The quantitative estimate of drug-likeness (QED) is 0.799. The van der Waals surface area contributed by atoms with Crippen LogP contribution in [0.3, 0.4) is 0 Å². The SMILES string of the molecule is C[C@H](CNC(=O)N[C@@H]1CCC[C@@H](N(C)C)C1)N1CCOC[C@H]1C. The second-order valence-corrected chi connectivity index (χ2v) is 7.35. The van der Waals surface area contributed by atoms with Gasteiger partial charge in [-0.05, 0) is 53.6 Å². The summed E-state index contributed by atoms with van der Waals surface area (Å²) in [5, 5.41) is 6.20. The maximum atomic E-state index is 12.2. The van der Waals surface area contributed by atoms with Crippen molar-refractivity contribution in [3.8, 4) is 0 Å². The number of rotatable bonds is 5. The molecule has 0 aromatic heterocycles. The predicted octanol–water partition coefficient (Wildman–Crippen LogP) is 1.27. The van der Waals surface area contributed by atoms with Crippen LogP contribution in [0.25, 0.3) is 0 Å². The number of nitrogens with zero attached hydrogens (tertiary/aromatic N) is 2. The van der Waals surface area contributed by atoms with Gasteiger partial charge in [-0.2, -0.15) is 0 Å². The zero-order chi connectivity index (χ0) is 16.8. The van der Waals surface area contributed by atoms with Gasteiger partial charge < -0.3 is 20.3 Å². The zero-order valence-electron chi connectivity index (χ0n) is 15.2. The number of morpholine rings is 1. The van der Waals surface area contributed by atoms with E-state index in [0.29, 0.717) is 30.7 Å². The first-order valence-electron chi connectivity index (χ1n) is 9.01. The van der Waals surface area contributed by atoms with Crippen molar-refractivity contribution < 1.29 is 9.53 Å². The molecule has 6 nitrogen and oxygen atoms in total. The smallest absolute Gasteiger partial charge is 0.315 e. The van der Waals surface area contributed by atoms with Crippen molar-refractivity contribution in [1.29, 1.82) is 0 Å². The van der Waals surface area contributed by atoms with Crippen molar-refractivity contribution in [2.75, 3.05) is 40.4 Å². The molecule has 134 valence electrons. The third-order valence-corrected chi connectivity index (χ3v) is 5.26. The number of ether oxygens (including phenoxy) is 1. The van der Waals surface area contributed by atoms with E-state index in [-0.39, 0.29) is 6.03 Å². The Morgan fingerprint density at radius 1 is 1.39 bits per heavy atom. The highest BCUT2D eigenvalue weighted by Crippen LogP contribution is 2.21. The van der Waals surface area contributed by atoms with Crippen molar-refractivity contribution in [2.45, 2.75) is 63.7 Å². The van der Waals surface area contributed by atoms with Crippen LogP contribution in [0.15, 0.2) is 0 Å². The summed E-state index contributed by atoms with van der Waals surface area (Å²) in [6.45, 7) is 7.54. The van der Waals surface area contributed by atoms with Gasteiger partial charge in [0.05, 0.1) is 13.2 Å². The molecule has 1 heterocycles. The van der Waals surface area contributed by atoms with Crippen LogP contribution >= 0.6 is 0 Å². The van der Waals surface area contributed by atoms with E-state index >= 15 is 0 Å². The number of hydrogen-bond acceptors (Lipinski definition) is 4. The maximum absolute atomic E-state index is 12.2. The fraction of sp³-hybridized carbons (Fsp3) is 0.941. The lowest BCUT2D eigenvalue weighted by molar-refractivity contribution is -0.0176. The molecule has 0 aromatic rings. The van der Waals surface area contributed by atoms with Gasteiger partial charge in [0.2, 0.25) is 0 Å². The molecule has 0 aromatic carbocycles. The summed E-state index contributed by atoms with van der Waals surface area (Å²) in [6.07, 6.45) is 4.57. The molecule has 4 atom stereocenters. The van der Waals surface area contributed by atoms with Gasteiger partial charge in [-0.1, -0.05) is 0 Å². The van der Waals surface area contributed by atoms with Crippen molar-refractivity contribution in [2.24, 2.45) is 0 Å². The molecule has 6 heteroatoms. The summed E-state index contributed by atoms with van der Waals surface area (Å²) in [4.78, 5) is 16.9. The van der Waals surface area contributed by atoms with Gasteiger partial charge in [0.15, 0.2) is 0 Å². The lowest BCUT2D eigenvalue weighted by Gasteiger charge is -2.38. The first kappa shape index (κ1) is 18.5. The van der Waals surface area contributed by atoms with Crippen LogP contribution in [0.2, 0.25) is 0 Å². The molecule has 2 rings (SSSR count). The lowest BCUT2D eigenvalue weighted by Crippen LogP contribution is -2.54. The Bertz CT molecular complexity index is 378. The molecule has 0 unspecified atom stereocenters. The van der Waals surface area contributed by atoms with Gasteiger partial charge in [0.25, 0.3) is 0 Å². The Morgan fingerprint density at radius 3 is 2.87 bits per heavy atom. The number of urea groups is 1. The number of carbonyl (C=O) groups excluding carboxylic acids is 1. The fourth-order valence-electron chi connectivity index (χ4n) is 3.75. The molecule has 23 heavy (non-hydrogen) atoms. The summed E-state index contributed by atoms with van der Waals surface area (Å²) in [5.41, 5.74) is 0. The highest BCUT2D eigenvalue weighted by molar-refractivity contribution is 5.74. The van der Waals surface area contributed by atoms with Crippen molar-refractivity contribution >= 4 is 6.03 Å². The molecular formula is C17H34N4O2. The minimum atomic E-state index is -0.0258. The molecule has 2 amide bonds. The van der Waals surface area contributed by atoms with Crippen molar-refractivity contribution in [3.63, 3.8) is 0 Å². The lowest BCUT2D eigenvalue weighted by atomic mass is 9.90. The Labute approximate surface area is 140 Å². The first-order chi connectivity index (χ1) is 11.0. The van der Waals surface area contributed by atoms with Crippen LogP contribution < -0.4 is 10.6 Å². The normalized spacial score (nSPS) is 30.9. The highest BCUT2D eigenvalue weighted by Gasteiger charge is 2.26. The average molecular weight is 326 g/mol. The minimum absolute atomic E-state index is 0.0258. The number of amides is 2. The second-order valence-electron chi connectivity index (χ2n) is 7.35. The molecule has 0 bridgehead atoms. The molecule has 2 N–H and O–H groups in total. The Hall–Kier alpha value is -0.850. The molecule has 0 radical (unpaired) electrons. The van der Waals surface area contributed by atoms with Gasteiger partial charge >= 0.3 is 6.03 Å². The highest BCUT2D eigenvalue weighted by atomic mass is 16.5. The Balaban J connectivity index is 1.70. The van der Waals surface area contributed by atoms with E-state index < -0.39 is 0 Å². The predicted molar refractivity (Wildman–Crippen MR) is 92.7 cm³/mol. The monoisotopic (exact) mass is 326 g/mol. The van der Waals surface area contributed by atoms with Crippen LogP contribution in [-0.4, -0.2) is 80.4 Å². The van der Waals surface area contributed by atoms with E-state index in [9.17, 15) is 4.79 Å². The van der Waals surface area contributed by atoms with Crippen LogP contribution in [0.4, 0.5) is 4.79 Å². The molecule has 2 fully saturated rings. The molecular weight excluding hydrogens is 292 g/mol. The molecule has 1 aliphatic carbocycles. The standard InChI is InChI=1S/C17H34N4O2/c1-13(21-8-9-23-12-14(21)2)11-18-17(22)19-15-6-5-7-16(10-15)20(3)4/h13-16H,5-12H2,1-4H3,(H2,18,19,22)/t13-,14-,15-,16-/m1/s1. The summed E-state index contributed by atoms with van der Waals surface area (Å²) < 4.78 is 5.47. The third-order valence-electron chi connectivity index (χ3n) is 5.26. The number of hydrogen-bond donors (Lipinski definition) is 2. The number of nitrogens with one attached hydrogen (secondary N) is 2. The van der Waals surface area contributed by atoms with E-state index in [0.717, 1.165) is 32.6 Å². The van der Waals surface area contributed by atoms with Crippen LogP contribution in [0.1, 0.15) is 39.5 Å². The van der Waals surface area contributed by atoms with Gasteiger partial charge in [0, 0.05) is 37.3 Å². The zero-order valence-corrected chi connectivity index (χ0v) is 15.2. The first-order valence-corrected chi connectivity index (χ1v) is 9.01. The van der Waals surface area contributed by atoms with Crippen LogP contribution in [0.5, 0.6) is 0 Å². The average Bonchev–Trinajstić information content (AvgIpc) is 2.53. The Kier molecular flexibility index (Phi) is 7.11. The second kappa shape index (κ2) is 8.85. The van der Waals surface area contributed by atoms with Gasteiger partial charge in [-0.15, -0.1) is 0 Å². The summed E-state index contributed by atoms with van der Waals surface area (Å²) in [5.74, 6) is 0. The molecule has 1 saturated heterocycles. The van der Waals surface area contributed by atoms with E-state index in [1.54, 1.807) is 0 Å². The molecule has 1 saturated carbocycles. The van der Waals surface area contributed by atoms with Gasteiger partial charge in [0.1, 0.15) is 0 Å². The molecule has 2 aliphatic rings. The maximum Gasteiger partial charge on any atom is 0.315 e. The largest absolute Gasteiger partial charge is 0.379 e. The molecule has 1 aliphatic heterocycles. The van der Waals surface area contributed by atoms with E-state index in [1.165, 1.54) is 12.8 Å².